The van der Waals surface area contributed by atoms with Gasteiger partial charge in [0.15, 0.2) is 0 Å². The van der Waals surface area contributed by atoms with E-state index in [9.17, 15) is 0 Å². The van der Waals surface area contributed by atoms with Crippen LogP contribution in [0.2, 0.25) is 0 Å². The molecular formula is C15H23N. The Morgan fingerprint density at radius 1 is 0.938 bits per heavy atom. The van der Waals surface area contributed by atoms with E-state index < -0.39 is 0 Å². The number of aromatic nitrogens is 1. The zero-order valence-electron chi connectivity index (χ0n) is 11.3. The normalized spacial score (nSPS) is 15.5. The molecule has 1 aromatic rings. The van der Waals surface area contributed by atoms with Crippen LogP contribution in [0.4, 0.5) is 0 Å². The van der Waals surface area contributed by atoms with Gasteiger partial charge in [-0.3, -0.25) is 4.98 Å². The highest BCUT2D eigenvalue weighted by atomic mass is 14.6. The molecule has 0 aliphatic heterocycles. The third-order valence-corrected chi connectivity index (χ3v) is 3.40. The van der Waals surface area contributed by atoms with Crippen molar-refractivity contribution in [3.05, 3.63) is 28.9 Å². The zero-order valence-corrected chi connectivity index (χ0v) is 11.3. The molecule has 0 aliphatic rings. The largest absolute Gasteiger partial charge is 0.264 e. The molecule has 0 amide bonds. The summed E-state index contributed by atoms with van der Waals surface area (Å²) in [5.74, 6) is 1.16. The average Bonchev–Trinajstić information content (AvgIpc) is 2.26. The summed E-state index contributed by atoms with van der Waals surface area (Å²) in [6.45, 7) is 13.4. The van der Waals surface area contributed by atoms with Crippen molar-refractivity contribution in [3.63, 3.8) is 0 Å². The van der Waals surface area contributed by atoms with Crippen molar-refractivity contribution >= 4 is 11.1 Å². The molecule has 0 aromatic carbocycles. The Balaban J connectivity index is 3.68. The minimum absolute atomic E-state index is 0.572. The lowest BCUT2D eigenvalue weighted by Crippen LogP contribution is -2.31. The summed E-state index contributed by atoms with van der Waals surface area (Å²) in [7, 11) is 0. The fraction of sp³-hybridized carbons (Fsp3) is 0.533. The fourth-order valence-electron chi connectivity index (χ4n) is 1.67. The summed E-state index contributed by atoms with van der Waals surface area (Å²) in [5, 5.41) is 2.67. The van der Waals surface area contributed by atoms with Crippen LogP contribution in [0.1, 0.15) is 41.5 Å². The summed E-state index contributed by atoms with van der Waals surface area (Å²) < 4.78 is 0. The molecular weight excluding hydrogens is 194 g/mol. The summed E-state index contributed by atoms with van der Waals surface area (Å²) in [4.78, 5) is 4.26. The molecule has 0 saturated carbocycles. The maximum absolute atomic E-state index is 4.26. The van der Waals surface area contributed by atoms with Crippen LogP contribution < -0.4 is 10.4 Å². The minimum atomic E-state index is 0.572. The van der Waals surface area contributed by atoms with E-state index >= 15 is 0 Å². The molecule has 88 valence electrons. The van der Waals surface area contributed by atoms with Gasteiger partial charge in [0.1, 0.15) is 0 Å². The number of hydrogen-bond acceptors (Lipinski definition) is 1. The predicted octanol–water partition coefficient (Wildman–Crippen LogP) is 2.73. The van der Waals surface area contributed by atoms with Crippen LogP contribution in [-0.2, 0) is 0 Å². The van der Waals surface area contributed by atoms with Crippen LogP contribution in [0, 0.1) is 11.8 Å². The topological polar surface area (TPSA) is 12.9 Å². The first-order valence-corrected chi connectivity index (χ1v) is 6.06. The average molecular weight is 217 g/mol. The quantitative estimate of drug-likeness (QED) is 0.742. The summed E-state index contributed by atoms with van der Waals surface area (Å²) in [5.41, 5.74) is 2.86. The lowest BCUT2D eigenvalue weighted by atomic mass is 9.97. The first-order valence-electron chi connectivity index (χ1n) is 6.06. The molecule has 0 atom stereocenters. The van der Waals surface area contributed by atoms with E-state index in [0.717, 1.165) is 0 Å². The van der Waals surface area contributed by atoms with Crippen LogP contribution in [0.15, 0.2) is 18.5 Å². The number of rotatable bonds is 2. The van der Waals surface area contributed by atoms with E-state index in [1.807, 2.05) is 12.4 Å². The van der Waals surface area contributed by atoms with Crippen molar-refractivity contribution < 1.29 is 0 Å². The zero-order chi connectivity index (χ0) is 12.3. The molecule has 1 rings (SSSR count). The van der Waals surface area contributed by atoms with Crippen molar-refractivity contribution in [1.29, 1.82) is 0 Å². The molecule has 0 saturated heterocycles. The van der Waals surface area contributed by atoms with Crippen molar-refractivity contribution in [2.24, 2.45) is 11.8 Å². The van der Waals surface area contributed by atoms with E-state index in [4.69, 9.17) is 0 Å². The second kappa shape index (κ2) is 5.29. The molecule has 16 heavy (non-hydrogen) atoms. The molecule has 0 spiro atoms. The monoisotopic (exact) mass is 217 g/mol. The van der Waals surface area contributed by atoms with Gasteiger partial charge < -0.3 is 0 Å². The third-order valence-electron chi connectivity index (χ3n) is 3.40. The Labute approximate surface area is 98.9 Å². The fourth-order valence-corrected chi connectivity index (χ4v) is 1.67. The standard InChI is InChI=1S/C15H23N/c1-10(2)12(5)14-7-8-16-9-15(14)13(6)11(3)4/h7-11H,1-6H3/b14-12+,15-13+. The first-order chi connectivity index (χ1) is 7.45. The van der Waals surface area contributed by atoms with Crippen LogP contribution in [0.5, 0.6) is 0 Å². The lowest BCUT2D eigenvalue weighted by molar-refractivity contribution is 0.829. The second-order valence-corrected chi connectivity index (χ2v) is 5.10. The third kappa shape index (κ3) is 2.72. The van der Waals surface area contributed by atoms with Gasteiger partial charge in [-0.05, 0) is 42.2 Å². The van der Waals surface area contributed by atoms with Gasteiger partial charge in [-0.1, -0.05) is 38.8 Å². The highest BCUT2D eigenvalue weighted by Gasteiger charge is 2.02. The summed E-state index contributed by atoms with van der Waals surface area (Å²) in [6.07, 6.45) is 3.88. The minimum Gasteiger partial charge on any atom is -0.264 e. The summed E-state index contributed by atoms with van der Waals surface area (Å²) in [6, 6.07) is 2.14. The second-order valence-electron chi connectivity index (χ2n) is 5.10. The molecule has 0 fully saturated rings. The van der Waals surface area contributed by atoms with Crippen LogP contribution in [-0.4, -0.2) is 4.98 Å². The maximum Gasteiger partial charge on any atom is 0.0345 e. The summed E-state index contributed by atoms with van der Waals surface area (Å²) >= 11 is 0. The van der Waals surface area contributed by atoms with Crippen molar-refractivity contribution in [3.8, 4) is 0 Å². The Morgan fingerprint density at radius 2 is 1.44 bits per heavy atom. The number of hydrogen-bond donors (Lipinski definition) is 0. The first kappa shape index (κ1) is 13.0. The number of nitrogens with zero attached hydrogens (tertiary/aromatic N) is 1. The smallest absolute Gasteiger partial charge is 0.0345 e. The van der Waals surface area contributed by atoms with Crippen LogP contribution in [0.3, 0.4) is 0 Å². The molecule has 0 aliphatic carbocycles. The van der Waals surface area contributed by atoms with Gasteiger partial charge >= 0.3 is 0 Å². The van der Waals surface area contributed by atoms with Crippen molar-refractivity contribution in [2.45, 2.75) is 41.5 Å². The van der Waals surface area contributed by atoms with Crippen molar-refractivity contribution in [1.82, 2.24) is 4.98 Å². The Kier molecular flexibility index (Phi) is 4.28. The van der Waals surface area contributed by atoms with Crippen molar-refractivity contribution in [2.75, 3.05) is 0 Å². The Hall–Kier alpha value is -1.11. The number of pyridine rings is 1. The van der Waals surface area contributed by atoms with Gasteiger partial charge in [-0.15, -0.1) is 0 Å². The molecule has 1 aromatic heterocycles. The molecule has 1 nitrogen and oxygen atoms in total. The predicted molar refractivity (Wildman–Crippen MR) is 71.3 cm³/mol. The molecule has 1 heteroatoms. The molecule has 1 heterocycles. The Morgan fingerprint density at radius 3 is 1.94 bits per heavy atom. The van der Waals surface area contributed by atoms with Gasteiger partial charge in [0.05, 0.1) is 0 Å². The SMILES string of the molecule is C/C(=c1/cncc/c1=C(/C)C(C)C)C(C)C. The molecule has 0 bridgehead atoms. The van der Waals surface area contributed by atoms with Gasteiger partial charge in [0.25, 0.3) is 0 Å². The van der Waals surface area contributed by atoms with E-state index in [2.05, 4.69) is 52.6 Å². The maximum atomic E-state index is 4.26. The van der Waals surface area contributed by atoms with Gasteiger partial charge in [-0.25, -0.2) is 0 Å². The van der Waals surface area contributed by atoms with E-state index in [1.54, 1.807) is 0 Å². The lowest BCUT2D eigenvalue weighted by Gasteiger charge is -2.09. The van der Waals surface area contributed by atoms with Crippen LogP contribution in [0.25, 0.3) is 11.1 Å². The van der Waals surface area contributed by atoms with E-state index in [0.29, 0.717) is 11.8 Å². The van der Waals surface area contributed by atoms with E-state index in [1.165, 1.54) is 21.6 Å². The van der Waals surface area contributed by atoms with Crippen LogP contribution >= 0.6 is 0 Å². The molecule has 0 N–H and O–H groups in total. The van der Waals surface area contributed by atoms with Gasteiger partial charge in [0, 0.05) is 12.4 Å². The van der Waals surface area contributed by atoms with E-state index in [-0.39, 0.29) is 0 Å². The van der Waals surface area contributed by atoms with Gasteiger partial charge in [-0.2, -0.15) is 0 Å². The van der Waals surface area contributed by atoms with Gasteiger partial charge in [0.2, 0.25) is 0 Å². The molecule has 0 unspecified atom stereocenters. The molecule has 0 radical (unpaired) electrons. The highest BCUT2D eigenvalue weighted by Crippen LogP contribution is 2.08. The highest BCUT2D eigenvalue weighted by molar-refractivity contribution is 5.50. The Bertz CT molecular complexity index is 421.